The summed E-state index contributed by atoms with van der Waals surface area (Å²) >= 11 is 0. The zero-order valence-electron chi connectivity index (χ0n) is 22.4. The van der Waals surface area contributed by atoms with E-state index in [1.165, 1.54) is 0 Å². The number of anilines is 3. The number of hydrogen-bond acceptors (Lipinski definition) is 4. The predicted octanol–water partition coefficient (Wildman–Crippen LogP) is 10.1. The van der Waals surface area contributed by atoms with Crippen LogP contribution in [-0.2, 0) is 0 Å². The maximum atomic E-state index is 9.81. The molecular formula is C38H21N3O. The topological polar surface area (TPSA) is 60.0 Å². The molecule has 7 aromatic carbocycles. The van der Waals surface area contributed by atoms with Crippen LogP contribution in [0.15, 0.2) is 127 Å². The summed E-state index contributed by atoms with van der Waals surface area (Å²) in [7, 11) is 0. The lowest BCUT2D eigenvalue weighted by atomic mass is 9.89. The van der Waals surface area contributed by atoms with Crippen molar-refractivity contribution in [1.82, 2.24) is 0 Å². The van der Waals surface area contributed by atoms with Crippen molar-refractivity contribution in [3.8, 4) is 34.8 Å². The van der Waals surface area contributed by atoms with Gasteiger partial charge in [-0.2, -0.15) is 10.5 Å². The van der Waals surface area contributed by atoms with Gasteiger partial charge in [0.1, 0.15) is 0 Å². The molecule has 0 saturated heterocycles. The molecule has 0 atom stereocenters. The minimum absolute atomic E-state index is 0.495. The number of para-hydroxylation sites is 4. The first-order chi connectivity index (χ1) is 20.7. The van der Waals surface area contributed by atoms with E-state index in [1.54, 1.807) is 18.2 Å². The summed E-state index contributed by atoms with van der Waals surface area (Å²) in [5.74, 6) is 1.64. The van der Waals surface area contributed by atoms with Crippen molar-refractivity contribution >= 4 is 49.4 Å². The minimum atomic E-state index is 0.495. The predicted molar refractivity (Wildman–Crippen MR) is 169 cm³/mol. The maximum absolute atomic E-state index is 9.81. The van der Waals surface area contributed by atoms with Crippen molar-refractivity contribution in [2.24, 2.45) is 0 Å². The average Bonchev–Trinajstić information content (AvgIpc) is 3.06. The molecule has 8 rings (SSSR count). The highest BCUT2D eigenvalue weighted by Crippen LogP contribution is 2.51. The summed E-state index contributed by atoms with van der Waals surface area (Å²) in [4.78, 5) is 2.26. The first-order valence-electron chi connectivity index (χ1n) is 13.7. The summed E-state index contributed by atoms with van der Waals surface area (Å²) in [6, 6.07) is 47.4. The molecule has 0 spiro atoms. The highest BCUT2D eigenvalue weighted by Gasteiger charge is 2.25. The number of hydrogen-bond donors (Lipinski definition) is 0. The third kappa shape index (κ3) is 3.47. The van der Waals surface area contributed by atoms with Gasteiger partial charge in [0, 0.05) is 11.3 Å². The molecule has 1 aliphatic heterocycles. The highest BCUT2D eigenvalue weighted by atomic mass is 16.5. The molecule has 7 aromatic rings. The van der Waals surface area contributed by atoms with Crippen LogP contribution >= 0.6 is 0 Å². The second-order valence-electron chi connectivity index (χ2n) is 10.4. The molecule has 0 unspecified atom stereocenters. The van der Waals surface area contributed by atoms with Crippen LogP contribution in [0.1, 0.15) is 11.1 Å². The van der Waals surface area contributed by atoms with E-state index in [0.717, 1.165) is 66.4 Å². The van der Waals surface area contributed by atoms with Crippen molar-refractivity contribution in [2.75, 3.05) is 4.90 Å². The fourth-order valence-electron chi connectivity index (χ4n) is 6.27. The Morgan fingerprint density at radius 1 is 0.476 bits per heavy atom. The third-order valence-electron chi connectivity index (χ3n) is 8.10. The third-order valence-corrected chi connectivity index (χ3v) is 8.10. The van der Waals surface area contributed by atoms with Crippen LogP contribution in [0.3, 0.4) is 0 Å². The van der Waals surface area contributed by atoms with E-state index in [4.69, 9.17) is 4.74 Å². The Morgan fingerprint density at radius 2 is 1.00 bits per heavy atom. The van der Waals surface area contributed by atoms with E-state index in [2.05, 4.69) is 83.8 Å². The molecular weight excluding hydrogens is 514 g/mol. The van der Waals surface area contributed by atoms with Crippen LogP contribution in [0.4, 0.5) is 17.1 Å². The molecule has 1 heterocycles. The van der Waals surface area contributed by atoms with Crippen LogP contribution in [-0.4, -0.2) is 0 Å². The van der Waals surface area contributed by atoms with Crippen LogP contribution < -0.4 is 9.64 Å². The Bertz CT molecular complexity index is 2230. The largest absolute Gasteiger partial charge is 0.453 e. The van der Waals surface area contributed by atoms with Gasteiger partial charge in [0.25, 0.3) is 0 Å². The highest BCUT2D eigenvalue weighted by molar-refractivity contribution is 6.26. The summed E-state index contributed by atoms with van der Waals surface area (Å²) in [6.07, 6.45) is 0. The van der Waals surface area contributed by atoms with Crippen LogP contribution in [0.5, 0.6) is 11.5 Å². The van der Waals surface area contributed by atoms with E-state index < -0.39 is 0 Å². The summed E-state index contributed by atoms with van der Waals surface area (Å²) in [5.41, 5.74) is 5.56. The fraction of sp³-hybridized carbons (Fsp3) is 0. The van der Waals surface area contributed by atoms with Gasteiger partial charge in [-0.15, -0.1) is 0 Å². The summed E-state index contributed by atoms with van der Waals surface area (Å²) in [5, 5.41) is 26.4. The Morgan fingerprint density at radius 3 is 1.62 bits per heavy atom. The standard InChI is InChI=1S/C38H21N3O/c39-22-25-8-7-9-26(23-40)38(25)24-16-18-30-31-19-17-27(21-33(31)29-11-2-1-10-28(29)32(30)20-24)41-34-12-3-5-14-36(34)42-37-15-6-4-13-35(37)41/h1-21H. The van der Waals surface area contributed by atoms with Crippen LogP contribution in [0.25, 0.3) is 43.4 Å². The van der Waals surface area contributed by atoms with Crippen molar-refractivity contribution in [3.63, 3.8) is 0 Å². The van der Waals surface area contributed by atoms with Gasteiger partial charge in [-0.3, -0.25) is 0 Å². The SMILES string of the molecule is N#Cc1cccc(C#N)c1-c1ccc2c3ccc(N4c5ccccc5Oc5ccccc54)cc3c3ccccc3c2c1. The lowest BCUT2D eigenvalue weighted by molar-refractivity contribution is 0.477. The first-order valence-corrected chi connectivity index (χ1v) is 13.7. The van der Waals surface area contributed by atoms with Gasteiger partial charge in [-0.05, 0) is 92.5 Å². The molecule has 4 nitrogen and oxygen atoms in total. The number of ether oxygens (including phenoxy) is 1. The monoisotopic (exact) mass is 535 g/mol. The molecule has 194 valence electrons. The fourth-order valence-corrected chi connectivity index (χ4v) is 6.27. The van der Waals surface area contributed by atoms with Gasteiger partial charge in [0.2, 0.25) is 0 Å². The number of rotatable bonds is 2. The Labute approximate surface area is 242 Å². The smallest absolute Gasteiger partial charge is 0.151 e. The molecule has 0 fully saturated rings. The van der Waals surface area contributed by atoms with Gasteiger partial charge in [0.05, 0.1) is 34.6 Å². The number of nitriles is 2. The van der Waals surface area contributed by atoms with E-state index in [9.17, 15) is 10.5 Å². The molecule has 4 heteroatoms. The number of nitrogens with zero attached hydrogens (tertiary/aromatic N) is 3. The molecule has 0 aliphatic carbocycles. The molecule has 1 aliphatic rings. The van der Waals surface area contributed by atoms with Gasteiger partial charge in [-0.25, -0.2) is 0 Å². The average molecular weight is 536 g/mol. The zero-order chi connectivity index (χ0) is 28.2. The molecule has 42 heavy (non-hydrogen) atoms. The van der Waals surface area contributed by atoms with E-state index in [0.29, 0.717) is 16.7 Å². The molecule has 0 saturated carbocycles. The minimum Gasteiger partial charge on any atom is -0.453 e. The molecule has 0 N–H and O–H groups in total. The van der Waals surface area contributed by atoms with E-state index >= 15 is 0 Å². The van der Waals surface area contributed by atoms with Gasteiger partial charge in [-0.1, -0.05) is 72.8 Å². The Balaban J connectivity index is 1.40. The first kappa shape index (κ1) is 23.8. The van der Waals surface area contributed by atoms with E-state index in [-0.39, 0.29) is 0 Å². The van der Waals surface area contributed by atoms with Crippen molar-refractivity contribution in [3.05, 3.63) is 139 Å². The lowest BCUT2D eigenvalue weighted by Gasteiger charge is -2.33. The van der Waals surface area contributed by atoms with Gasteiger partial charge >= 0.3 is 0 Å². The van der Waals surface area contributed by atoms with Crippen molar-refractivity contribution in [1.29, 1.82) is 10.5 Å². The zero-order valence-corrected chi connectivity index (χ0v) is 22.4. The quantitative estimate of drug-likeness (QED) is 0.207. The molecule has 0 bridgehead atoms. The summed E-state index contributed by atoms with van der Waals surface area (Å²) < 4.78 is 6.24. The van der Waals surface area contributed by atoms with Crippen LogP contribution in [0, 0.1) is 22.7 Å². The second kappa shape index (κ2) is 9.24. The van der Waals surface area contributed by atoms with Gasteiger partial charge in [0.15, 0.2) is 11.5 Å². The van der Waals surface area contributed by atoms with Crippen LogP contribution in [0.2, 0.25) is 0 Å². The summed E-state index contributed by atoms with van der Waals surface area (Å²) in [6.45, 7) is 0. The van der Waals surface area contributed by atoms with Gasteiger partial charge < -0.3 is 9.64 Å². The normalized spacial score (nSPS) is 11.9. The maximum Gasteiger partial charge on any atom is 0.151 e. The van der Waals surface area contributed by atoms with Crippen molar-refractivity contribution < 1.29 is 4.74 Å². The Kier molecular flexibility index (Phi) is 5.22. The lowest BCUT2D eigenvalue weighted by Crippen LogP contribution is -2.15. The van der Waals surface area contributed by atoms with Crippen molar-refractivity contribution in [2.45, 2.75) is 0 Å². The second-order valence-corrected chi connectivity index (χ2v) is 10.4. The number of benzene rings is 7. The molecule has 0 radical (unpaired) electrons. The molecule has 0 amide bonds. The Hall–Kier alpha value is -6.10. The number of fused-ring (bicyclic) bond motifs is 8. The van der Waals surface area contributed by atoms with E-state index in [1.807, 2.05) is 42.5 Å². The molecule has 0 aromatic heterocycles.